The van der Waals surface area contributed by atoms with E-state index >= 15 is 0 Å². The normalized spacial score (nSPS) is 42.9. The van der Waals surface area contributed by atoms with Crippen LogP contribution in [0.5, 0.6) is 0 Å². The highest BCUT2D eigenvalue weighted by Crippen LogP contribution is 1.70. The van der Waals surface area contributed by atoms with E-state index in [0.29, 0.717) is 0 Å². The maximum Gasteiger partial charge on any atom is 0.0459 e. The minimum atomic E-state index is -3.43. The Morgan fingerprint density at radius 1 is 2.00 bits per heavy atom. The summed E-state index contributed by atoms with van der Waals surface area (Å²) in [6, 6.07) is -3.42. The third-order valence-corrected chi connectivity index (χ3v) is 0.188. The minimum Gasteiger partial charge on any atom is -0.315 e. The Morgan fingerprint density at radius 2 is 2.71 bits per heavy atom. The van der Waals surface area contributed by atoms with Crippen LogP contribution in [0.2, 0.25) is 0 Å². The van der Waals surface area contributed by atoms with E-state index in [4.69, 9.17) is 16.4 Å². The lowest BCUT2D eigenvalue weighted by Crippen LogP contribution is -2.21. The van der Waals surface area contributed by atoms with Gasteiger partial charge in [0.25, 0.3) is 0 Å². The summed E-state index contributed by atoms with van der Waals surface area (Å²) in [4.78, 5) is 0. The van der Waals surface area contributed by atoms with Gasteiger partial charge in [0.05, 0.1) is 0 Å². The topological polar surface area (TPSA) is 12.0 Å². The molecule has 0 heterocycles. The van der Waals surface area contributed by atoms with Crippen LogP contribution in [0.25, 0.3) is 0 Å². The van der Waals surface area contributed by atoms with Crippen LogP contribution in [-0.4, -0.2) is 12.5 Å². The van der Waals surface area contributed by atoms with Gasteiger partial charge in [-0.25, -0.2) is 0 Å². The summed E-state index contributed by atoms with van der Waals surface area (Å²) in [5.74, 6) is 0. The van der Waals surface area contributed by atoms with Crippen LogP contribution in [0.1, 0.15) is 37.0 Å². The number of nitrogens with one attached hydrogen (secondary N) is 1. The van der Waals surface area contributed by atoms with E-state index in [1.807, 2.05) is 0 Å². The Labute approximate surface area is 68.8 Å². The van der Waals surface area contributed by atoms with Crippen LogP contribution < -0.4 is 5.32 Å². The Balaban J connectivity index is 0. The van der Waals surface area contributed by atoms with Gasteiger partial charge < -0.3 is 5.32 Å². The predicted molar refractivity (Wildman–Crippen MR) is 36.1 cm³/mol. The van der Waals surface area contributed by atoms with Crippen LogP contribution in [0.4, 0.5) is 0 Å². The van der Waals surface area contributed by atoms with Gasteiger partial charge in [-0.2, -0.15) is 0 Å². The van der Waals surface area contributed by atoms with Crippen molar-refractivity contribution in [3.8, 4) is 0 Å². The zero-order chi connectivity index (χ0) is 15.2. The standard InChI is InChI=1S/C5H13N.ClH/c1-4-6-5(2)3;/h5-6H,4H2,1-3H3;1H/i1D3,2D3,3D3,4D2,5D;. The Hall–Kier alpha value is 0.250. The molecule has 1 N–H and O–H groups in total. The molecule has 0 saturated carbocycles. The summed E-state index contributed by atoms with van der Waals surface area (Å²) in [5.41, 5.74) is 0. The van der Waals surface area contributed by atoms with Crippen molar-refractivity contribution in [2.24, 2.45) is 0 Å². The molecule has 0 aromatic heterocycles. The molecule has 0 bridgehead atoms. The molecule has 2 heteroatoms. The monoisotopic (exact) mass is 135 g/mol. The first-order valence-corrected chi connectivity index (χ1v) is 1.25. The van der Waals surface area contributed by atoms with Crippen molar-refractivity contribution in [2.75, 3.05) is 6.50 Å². The average Bonchev–Trinajstić information content (AvgIpc) is 1.95. The fourth-order valence-electron chi connectivity index (χ4n) is 0.0625. The highest BCUT2D eigenvalue weighted by molar-refractivity contribution is 5.85. The Bertz CT molecular complexity index is 285. The molecule has 0 spiro atoms. The van der Waals surface area contributed by atoms with Crippen LogP contribution in [-0.2, 0) is 0 Å². The molecular weight excluding hydrogens is 110 g/mol. The third-order valence-electron chi connectivity index (χ3n) is 0.188. The van der Waals surface area contributed by atoms with Crippen LogP contribution in [0, 0.1) is 0 Å². The van der Waals surface area contributed by atoms with Crippen LogP contribution in [0.3, 0.4) is 0 Å². The second-order valence-corrected chi connectivity index (χ2v) is 0.625. The number of hydrogen-bond acceptors (Lipinski definition) is 1. The van der Waals surface area contributed by atoms with Crippen molar-refractivity contribution in [1.29, 1.82) is 0 Å². The smallest absolute Gasteiger partial charge is 0.0459 e. The number of rotatable bonds is 2. The summed E-state index contributed by atoms with van der Waals surface area (Å²) in [5, 5.41) is 1.30. The molecule has 46 valence electrons. The maximum atomic E-state index is 7.43. The SMILES string of the molecule is Cl.[2H]C([2H])([2H])C([2H])([2H])NC([2H])(C([2H])([2H])[2H])C([2H])([2H])[2H]. The molecule has 0 fully saturated rings. The zero-order valence-electron chi connectivity index (χ0n) is 15.4. The lowest BCUT2D eigenvalue weighted by atomic mass is 10.4. The van der Waals surface area contributed by atoms with Gasteiger partial charge in [0.1, 0.15) is 0 Å². The molecule has 0 radical (unpaired) electrons. The molecule has 0 aliphatic heterocycles. The second-order valence-electron chi connectivity index (χ2n) is 0.625. The van der Waals surface area contributed by atoms with Crippen molar-refractivity contribution in [3.05, 3.63) is 0 Å². The Morgan fingerprint density at radius 3 is 3.14 bits per heavy atom. The van der Waals surface area contributed by atoms with Crippen LogP contribution >= 0.6 is 12.4 Å². The van der Waals surface area contributed by atoms with E-state index in [-0.39, 0.29) is 12.4 Å². The van der Waals surface area contributed by atoms with Crippen molar-refractivity contribution in [2.45, 2.75) is 26.6 Å². The summed E-state index contributed by atoms with van der Waals surface area (Å²) < 4.78 is 84.4. The summed E-state index contributed by atoms with van der Waals surface area (Å²) in [6.45, 7) is -13.5. The van der Waals surface area contributed by atoms with Crippen molar-refractivity contribution >= 4 is 12.4 Å². The van der Waals surface area contributed by atoms with E-state index in [1.165, 1.54) is 5.32 Å². The van der Waals surface area contributed by atoms with Crippen molar-refractivity contribution in [3.63, 3.8) is 0 Å². The Kier molecular flexibility index (Phi) is 0.850. The van der Waals surface area contributed by atoms with Gasteiger partial charge >= 0.3 is 0 Å². The van der Waals surface area contributed by atoms with Gasteiger partial charge in [0.15, 0.2) is 0 Å². The molecule has 0 saturated heterocycles. The largest absolute Gasteiger partial charge is 0.315 e. The van der Waals surface area contributed by atoms with Crippen molar-refractivity contribution in [1.82, 2.24) is 5.32 Å². The van der Waals surface area contributed by atoms with E-state index in [9.17, 15) is 0 Å². The lowest BCUT2D eigenvalue weighted by molar-refractivity contribution is 0.613. The summed E-state index contributed by atoms with van der Waals surface area (Å²) >= 11 is 0. The quantitative estimate of drug-likeness (QED) is 0.604. The summed E-state index contributed by atoms with van der Waals surface area (Å²) in [6.07, 6.45) is 0. The van der Waals surface area contributed by atoms with E-state index < -0.39 is 33.1 Å². The fourth-order valence-corrected chi connectivity index (χ4v) is 0.0625. The molecule has 1 nitrogen and oxygen atoms in total. The first kappa shape index (κ1) is 0.952. The number of hydrogen-bond donors (Lipinski definition) is 1. The highest BCUT2D eigenvalue weighted by Gasteiger charge is 1.82. The fraction of sp³-hybridized carbons (Fsp3) is 1.00. The van der Waals surface area contributed by atoms with E-state index in [2.05, 4.69) is 0 Å². The minimum absolute atomic E-state index is 0. The highest BCUT2D eigenvalue weighted by atomic mass is 35.5. The van der Waals surface area contributed by atoms with Gasteiger partial charge in [-0.1, -0.05) is 20.6 Å². The van der Waals surface area contributed by atoms with Gasteiger partial charge in [-0.15, -0.1) is 12.4 Å². The van der Waals surface area contributed by atoms with Gasteiger partial charge in [-0.05, 0) is 6.50 Å². The lowest BCUT2D eigenvalue weighted by Gasteiger charge is -2.00. The van der Waals surface area contributed by atoms with Crippen molar-refractivity contribution < 1.29 is 16.4 Å². The first-order valence-electron chi connectivity index (χ1n) is 7.25. The molecular formula is C5H14ClN. The molecule has 0 unspecified atom stereocenters. The molecule has 0 rings (SSSR count). The maximum absolute atomic E-state index is 7.43. The number of halogens is 1. The van der Waals surface area contributed by atoms with Gasteiger partial charge in [-0.3, -0.25) is 0 Å². The average molecular weight is 136 g/mol. The molecule has 0 aromatic carbocycles. The zero-order valence-corrected chi connectivity index (χ0v) is 4.22. The van der Waals surface area contributed by atoms with Gasteiger partial charge in [0, 0.05) is 22.5 Å². The third kappa shape index (κ3) is 10.7. The molecule has 0 aliphatic carbocycles. The predicted octanol–water partition coefficient (Wildman–Crippen LogP) is 1.43. The van der Waals surface area contributed by atoms with E-state index in [0.717, 1.165) is 0 Å². The second kappa shape index (κ2) is 6.25. The first-order chi connectivity index (χ1) is 7.46. The van der Waals surface area contributed by atoms with Gasteiger partial charge in [0.2, 0.25) is 0 Å². The van der Waals surface area contributed by atoms with E-state index in [1.54, 1.807) is 0 Å². The molecule has 0 aromatic rings. The summed E-state index contributed by atoms with van der Waals surface area (Å²) in [7, 11) is 0. The van der Waals surface area contributed by atoms with Crippen LogP contribution in [0.15, 0.2) is 0 Å². The molecule has 0 amide bonds. The molecule has 0 aliphatic rings. The molecule has 0 atom stereocenters. The molecule has 7 heavy (non-hydrogen) atoms.